The fourth-order valence-corrected chi connectivity index (χ4v) is 4.04. The number of carbonyl (C=O) groups is 2. The summed E-state index contributed by atoms with van der Waals surface area (Å²) in [5.41, 5.74) is 0.683. The van der Waals surface area contributed by atoms with Gasteiger partial charge in [0.1, 0.15) is 11.4 Å². The highest BCUT2D eigenvalue weighted by Gasteiger charge is 2.34. The maximum Gasteiger partial charge on any atom is 0.248 e. The SMILES string of the molecule is Cc1cc(=O)[nH]c2c1C(=O)c1c(CCCCCCCC(C)C)cc(=O)[nH]c1C2=O. The second kappa shape index (κ2) is 8.72. The molecule has 0 amide bonds. The number of aromatic nitrogens is 2. The third-order valence-electron chi connectivity index (χ3n) is 5.50. The van der Waals surface area contributed by atoms with E-state index in [0.717, 1.165) is 25.2 Å². The van der Waals surface area contributed by atoms with E-state index in [-0.39, 0.29) is 28.3 Å². The number of ketones is 2. The Morgan fingerprint density at radius 1 is 0.759 bits per heavy atom. The van der Waals surface area contributed by atoms with E-state index in [0.29, 0.717) is 17.5 Å². The molecule has 1 aliphatic carbocycles. The molecular weight excluding hydrogens is 368 g/mol. The number of rotatable bonds is 8. The van der Waals surface area contributed by atoms with Gasteiger partial charge in [-0.2, -0.15) is 0 Å². The number of carbonyl (C=O) groups excluding carboxylic acids is 2. The summed E-state index contributed by atoms with van der Waals surface area (Å²) in [6, 6.07) is 2.74. The first-order valence-electron chi connectivity index (χ1n) is 10.4. The number of hydrogen-bond donors (Lipinski definition) is 2. The predicted molar refractivity (Wildman–Crippen MR) is 112 cm³/mol. The Kier molecular flexibility index (Phi) is 6.30. The first kappa shape index (κ1) is 21.0. The van der Waals surface area contributed by atoms with E-state index < -0.39 is 16.9 Å². The van der Waals surface area contributed by atoms with Crippen LogP contribution >= 0.6 is 0 Å². The second-order valence-electron chi connectivity index (χ2n) is 8.33. The first-order valence-corrected chi connectivity index (χ1v) is 10.4. The lowest BCUT2D eigenvalue weighted by atomic mass is 9.84. The summed E-state index contributed by atoms with van der Waals surface area (Å²) in [6.45, 7) is 6.10. The molecule has 0 saturated carbocycles. The molecule has 2 aromatic rings. The van der Waals surface area contributed by atoms with Gasteiger partial charge in [-0.05, 0) is 36.8 Å². The van der Waals surface area contributed by atoms with Crippen molar-refractivity contribution in [2.24, 2.45) is 5.92 Å². The number of aromatic amines is 2. The van der Waals surface area contributed by atoms with Crippen LogP contribution in [0, 0.1) is 12.8 Å². The maximum absolute atomic E-state index is 13.2. The van der Waals surface area contributed by atoms with Gasteiger partial charge < -0.3 is 9.97 Å². The molecule has 6 nitrogen and oxygen atoms in total. The molecule has 2 aromatic heterocycles. The fraction of sp³-hybridized carbons (Fsp3) is 0.478. The highest BCUT2D eigenvalue weighted by molar-refractivity contribution is 6.27. The number of aryl methyl sites for hydroxylation is 2. The molecule has 6 heteroatoms. The smallest absolute Gasteiger partial charge is 0.248 e. The molecule has 0 aliphatic heterocycles. The van der Waals surface area contributed by atoms with Gasteiger partial charge in [-0.1, -0.05) is 46.0 Å². The first-order chi connectivity index (χ1) is 13.8. The summed E-state index contributed by atoms with van der Waals surface area (Å²) in [7, 11) is 0. The summed E-state index contributed by atoms with van der Waals surface area (Å²) in [4.78, 5) is 54.9. The Labute approximate surface area is 169 Å². The number of hydrogen-bond acceptors (Lipinski definition) is 4. The van der Waals surface area contributed by atoms with E-state index in [2.05, 4.69) is 23.8 Å². The third kappa shape index (κ3) is 4.47. The standard InChI is InChI=1S/C23H28N2O4/c1-13(2)9-7-5-4-6-8-10-15-12-17(27)25-21-19(15)22(28)18-14(3)11-16(26)24-20(18)23(21)29/h11-13H,4-10H2,1-3H3,(H,24,26)(H,25,27). The molecule has 0 aromatic carbocycles. The Hall–Kier alpha value is -2.76. The number of unbranched alkanes of at least 4 members (excludes halogenated alkanes) is 4. The zero-order valence-corrected chi connectivity index (χ0v) is 17.3. The fourth-order valence-electron chi connectivity index (χ4n) is 4.04. The normalized spacial score (nSPS) is 13.0. The average Bonchev–Trinajstić information content (AvgIpc) is 2.64. The van der Waals surface area contributed by atoms with Crippen LogP contribution in [-0.2, 0) is 6.42 Å². The molecule has 29 heavy (non-hydrogen) atoms. The zero-order chi connectivity index (χ0) is 21.1. The van der Waals surface area contributed by atoms with Crippen LogP contribution in [0.3, 0.4) is 0 Å². The van der Waals surface area contributed by atoms with Crippen molar-refractivity contribution in [2.45, 2.75) is 65.7 Å². The monoisotopic (exact) mass is 396 g/mol. The van der Waals surface area contributed by atoms with Gasteiger partial charge >= 0.3 is 0 Å². The van der Waals surface area contributed by atoms with Crippen molar-refractivity contribution in [3.8, 4) is 0 Å². The van der Waals surface area contributed by atoms with Gasteiger partial charge in [0.15, 0.2) is 5.78 Å². The van der Waals surface area contributed by atoms with Crippen LogP contribution in [-0.4, -0.2) is 21.5 Å². The van der Waals surface area contributed by atoms with Crippen LogP contribution in [0.1, 0.15) is 95.6 Å². The lowest BCUT2D eigenvalue weighted by Crippen LogP contribution is -2.31. The van der Waals surface area contributed by atoms with Gasteiger partial charge in [-0.3, -0.25) is 19.2 Å². The summed E-state index contributed by atoms with van der Waals surface area (Å²) in [5.74, 6) is -0.100. The van der Waals surface area contributed by atoms with E-state index >= 15 is 0 Å². The van der Waals surface area contributed by atoms with Gasteiger partial charge in [-0.15, -0.1) is 0 Å². The predicted octanol–water partition coefficient (Wildman–Crippen LogP) is 3.69. The molecule has 0 fully saturated rings. The number of H-pyrrole nitrogens is 2. The topological polar surface area (TPSA) is 99.9 Å². The Morgan fingerprint density at radius 3 is 2.03 bits per heavy atom. The third-order valence-corrected chi connectivity index (χ3v) is 5.50. The van der Waals surface area contributed by atoms with Crippen LogP contribution in [0.4, 0.5) is 0 Å². The second-order valence-corrected chi connectivity index (χ2v) is 8.33. The van der Waals surface area contributed by atoms with E-state index in [4.69, 9.17) is 0 Å². The minimum Gasteiger partial charge on any atom is -0.318 e. The Balaban J connectivity index is 1.81. The van der Waals surface area contributed by atoms with E-state index in [1.165, 1.54) is 31.4 Å². The van der Waals surface area contributed by atoms with Gasteiger partial charge in [0.2, 0.25) is 16.9 Å². The molecule has 0 atom stereocenters. The quantitative estimate of drug-likeness (QED) is 0.567. The molecule has 154 valence electrons. The summed E-state index contributed by atoms with van der Waals surface area (Å²) >= 11 is 0. The minimum absolute atomic E-state index is 0.0109. The number of nitrogens with one attached hydrogen (secondary N) is 2. The highest BCUT2D eigenvalue weighted by atomic mass is 16.2. The molecule has 2 heterocycles. The van der Waals surface area contributed by atoms with E-state index in [1.807, 2.05) is 0 Å². The van der Waals surface area contributed by atoms with Crippen LogP contribution in [0.5, 0.6) is 0 Å². The van der Waals surface area contributed by atoms with Gasteiger partial charge in [0.25, 0.3) is 0 Å². The van der Waals surface area contributed by atoms with Crippen molar-refractivity contribution in [2.75, 3.05) is 0 Å². The minimum atomic E-state index is -0.511. The van der Waals surface area contributed by atoms with Gasteiger partial charge in [0, 0.05) is 12.1 Å². The molecule has 1 aliphatic rings. The van der Waals surface area contributed by atoms with E-state index in [1.54, 1.807) is 6.92 Å². The van der Waals surface area contributed by atoms with Crippen molar-refractivity contribution in [3.05, 3.63) is 66.5 Å². The molecule has 0 radical (unpaired) electrons. The van der Waals surface area contributed by atoms with Crippen molar-refractivity contribution < 1.29 is 9.59 Å². The molecular formula is C23H28N2O4. The number of pyridine rings is 2. The van der Waals surface area contributed by atoms with Crippen LogP contribution in [0.25, 0.3) is 0 Å². The molecule has 2 N–H and O–H groups in total. The maximum atomic E-state index is 13.2. The van der Waals surface area contributed by atoms with Gasteiger partial charge in [-0.25, -0.2) is 0 Å². The average molecular weight is 396 g/mol. The van der Waals surface area contributed by atoms with Crippen LogP contribution in [0.15, 0.2) is 21.7 Å². The summed E-state index contributed by atoms with van der Waals surface area (Å²) in [6.07, 6.45) is 7.21. The summed E-state index contributed by atoms with van der Waals surface area (Å²) in [5, 5.41) is 0. The molecule has 0 saturated heterocycles. The lowest BCUT2D eigenvalue weighted by molar-refractivity contribution is 0.0969. The Bertz CT molecular complexity index is 1060. The molecule has 0 bridgehead atoms. The van der Waals surface area contributed by atoms with Crippen molar-refractivity contribution >= 4 is 11.6 Å². The van der Waals surface area contributed by atoms with Crippen molar-refractivity contribution in [3.63, 3.8) is 0 Å². The Morgan fingerprint density at radius 2 is 1.34 bits per heavy atom. The lowest BCUT2D eigenvalue weighted by Gasteiger charge is -2.20. The van der Waals surface area contributed by atoms with Crippen LogP contribution in [0.2, 0.25) is 0 Å². The number of fused-ring (bicyclic) bond motifs is 2. The zero-order valence-electron chi connectivity index (χ0n) is 17.3. The molecule has 0 spiro atoms. The van der Waals surface area contributed by atoms with Crippen molar-refractivity contribution in [1.82, 2.24) is 9.97 Å². The highest BCUT2D eigenvalue weighted by Crippen LogP contribution is 2.28. The summed E-state index contributed by atoms with van der Waals surface area (Å²) < 4.78 is 0. The molecule has 3 rings (SSSR count). The molecule has 0 unspecified atom stereocenters. The van der Waals surface area contributed by atoms with Crippen molar-refractivity contribution in [1.29, 1.82) is 0 Å². The van der Waals surface area contributed by atoms with Crippen LogP contribution < -0.4 is 11.1 Å². The van der Waals surface area contributed by atoms with Gasteiger partial charge in [0.05, 0.1) is 11.1 Å². The largest absolute Gasteiger partial charge is 0.318 e. The van der Waals surface area contributed by atoms with E-state index in [9.17, 15) is 19.2 Å².